The van der Waals surface area contributed by atoms with E-state index in [9.17, 15) is 4.79 Å². The van der Waals surface area contributed by atoms with Crippen molar-refractivity contribution in [3.8, 4) is 5.75 Å². The minimum atomic E-state index is -0.313. The van der Waals surface area contributed by atoms with Crippen LogP contribution in [0.5, 0.6) is 5.75 Å². The number of hydrogen-bond acceptors (Lipinski definition) is 5. The summed E-state index contributed by atoms with van der Waals surface area (Å²) in [5, 5.41) is 6.91. The van der Waals surface area contributed by atoms with Crippen LogP contribution < -0.4 is 10.1 Å². The van der Waals surface area contributed by atoms with Crippen LogP contribution in [-0.4, -0.2) is 23.2 Å². The van der Waals surface area contributed by atoms with Gasteiger partial charge < -0.3 is 14.6 Å². The molecular formula is C13H14ClN3O3. The Kier molecular flexibility index (Phi) is 4.57. The molecule has 20 heavy (non-hydrogen) atoms. The van der Waals surface area contributed by atoms with Crippen LogP contribution in [0.25, 0.3) is 0 Å². The van der Waals surface area contributed by atoms with Gasteiger partial charge in [-0.3, -0.25) is 4.79 Å². The van der Waals surface area contributed by atoms with Crippen molar-refractivity contribution in [2.45, 2.75) is 19.9 Å². The van der Waals surface area contributed by atoms with Crippen LogP contribution in [0.15, 0.2) is 22.7 Å². The normalized spacial score (nSPS) is 10.3. The summed E-state index contributed by atoms with van der Waals surface area (Å²) in [5.41, 5.74) is 0.360. The van der Waals surface area contributed by atoms with Crippen LogP contribution in [0, 0.1) is 0 Å². The SMILES string of the molecule is CCc1nc(CNC(=O)c2cc(Cl)ccc2OC)no1. The Morgan fingerprint density at radius 2 is 2.30 bits per heavy atom. The lowest BCUT2D eigenvalue weighted by atomic mass is 10.2. The minimum Gasteiger partial charge on any atom is -0.496 e. The van der Waals surface area contributed by atoms with Crippen molar-refractivity contribution >= 4 is 17.5 Å². The number of benzene rings is 1. The van der Waals surface area contributed by atoms with Gasteiger partial charge in [-0.05, 0) is 18.2 Å². The van der Waals surface area contributed by atoms with E-state index in [-0.39, 0.29) is 12.5 Å². The Morgan fingerprint density at radius 1 is 1.50 bits per heavy atom. The smallest absolute Gasteiger partial charge is 0.255 e. The molecule has 0 saturated heterocycles. The average Bonchev–Trinajstić information content (AvgIpc) is 2.92. The monoisotopic (exact) mass is 295 g/mol. The fraction of sp³-hybridized carbons (Fsp3) is 0.308. The Labute approximate surface area is 121 Å². The summed E-state index contributed by atoms with van der Waals surface area (Å²) < 4.78 is 10.1. The van der Waals surface area contributed by atoms with Crippen molar-refractivity contribution < 1.29 is 14.1 Å². The van der Waals surface area contributed by atoms with Crippen LogP contribution in [0.3, 0.4) is 0 Å². The summed E-state index contributed by atoms with van der Waals surface area (Å²) in [6.45, 7) is 2.09. The fourth-order valence-corrected chi connectivity index (χ4v) is 1.79. The molecule has 2 rings (SSSR count). The van der Waals surface area contributed by atoms with Gasteiger partial charge in [-0.2, -0.15) is 4.98 Å². The standard InChI is InChI=1S/C13H14ClN3O3/c1-3-12-16-11(17-20-12)7-15-13(18)9-6-8(14)4-5-10(9)19-2/h4-6H,3,7H2,1-2H3,(H,15,18). The third-order valence-corrected chi connectivity index (χ3v) is 2.86. The van der Waals surface area contributed by atoms with E-state index in [4.69, 9.17) is 20.9 Å². The van der Waals surface area contributed by atoms with Crippen LogP contribution in [0.2, 0.25) is 5.02 Å². The topological polar surface area (TPSA) is 77.2 Å². The summed E-state index contributed by atoms with van der Waals surface area (Å²) in [6.07, 6.45) is 0.656. The summed E-state index contributed by atoms with van der Waals surface area (Å²) in [7, 11) is 1.49. The molecule has 0 aliphatic rings. The van der Waals surface area contributed by atoms with Crippen molar-refractivity contribution in [3.05, 3.63) is 40.5 Å². The third-order valence-electron chi connectivity index (χ3n) is 2.63. The molecular weight excluding hydrogens is 282 g/mol. The summed E-state index contributed by atoms with van der Waals surface area (Å²) >= 11 is 5.88. The number of halogens is 1. The van der Waals surface area contributed by atoms with Gasteiger partial charge in [-0.25, -0.2) is 0 Å². The maximum Gasteiger partial charge on any atom is 0.255 e. The number of aryl methyl sites for hydroxylation is 1. The van der Waals surface area contributed by atoms with Gasteiger partial charge in [0, 0.05) is 11.4 Å². The quantitative estimate of drug-likeness (QED) is 0.915. The highest BCUT2D eigenvalue weighted by atomic mass is 35.5. The van der Waals surface area contributed by atoms with Crippen molar-refractivity contribution in [3.63, 3.8) is 0 Å². The van der Waals surface area contributed by atoms with E-state index in [2.05, 4.69) is 15.5 Å². The van der Waals surface area contributed by atoms with E-state index in [1.165, 1.54) is 7.11 Å². The minimum absolute atomic E-state index is 0.179. The molecule has 0 radical (unpaired) electrons. The molecule has 7 heteroatoms. The number of aromatic nitrogens is 2. The average molecular weight is 296 g/mol. The molecule has 0 fully saturated rings. The molecule has 0 unspecified atom stereocenters. The first kappa shape index (κ1) is 14.3. The van der Waals surface area contributed by atoms with Gasteiger partial charge in [0.1, 0.15) is 5.75 Å². The zero-order valence-corrected chi connectivity index (χ0v) is 11.9. The molecule has 1 aromatic heterocycles. The lowest BCUT2D eigenvalue weighted by molar-refractivity contribution is 0.0946. The van der Waals surface area contributed by atoms with Crippen molar-refractivity contribution in [2.24, 2.45) is 0 Å². The molecule has 1 heterocycles. The summed E-state index contributed by atoms with van der Waals surface area (Å²) in [5.74, 6) is 1.10. The molecule has 0 atom stereocenters. The highest BCUT2D eigenvalue weighted by molar-refractivity contribution is 6.31. The second-order valence-electron chi connectivity index (χ2n) is 3.99. The Bertz CT molecular complexity index is 613. The zero-order valence-electron chi connectivity index (χ0n) is 11.1. The van der Waals surface area contributed by atoms with Gasteiger partial charge in [0.05, 0.1) is 19.2 Å². The van der Waals surface area contributed by atoms with Crippen LogP contribution in [0.1, 0.15) is 29.0 Å². The van der Waals surface area contributed by atoms with Crippen LogP contribution >= 0.6 is 11.6 Å². The van der Waals surface area contributed by atoms with Gasteiger partial charge in [0.2, 0.25) is 5.89 Å². The predicted octanol–water partition coefficient (Wildman–Crippen LogP) is 2.22. The van der Waals surface area contributed by atoms with Gasteiger partial charge >= 0.3 is 0 Å². The van der Waals surface area contributed by atoms with Gasteiger partial charge in [0.15, 0.2) is 5.82 Å². The first-order chi connectivity index (χ1) is 9.63. The van der Waals surface area contributed by atoms with E-state index >= 15 is 0 Å². The Hall–Kier alpha value is -2.08. The van der Waals surface area contributed by atoms with Crippen LogP contribution in [-0.2, 0) is 13.0 Å². The number of rotatable bonds is 5. The third kappa shape index (κ3) is 3.27. The van der Waals surface area contributed by atoms with Gasteiger partial charge in [-0.1, -0.05) is 23.7 Å². The van der Waals surface area contributed by atoms with E-state index in [1.807, 2.05) is 6.92 Å². The number of nitrogens with zero attached hydrogens (tertiary/aromatic N) is 2. The molecule has 1 amide bonds. The predicted molar refractivity (Wildman–Crippen MR) is 72.9 cm³/mol. The fourth-order valence-electron chi connectivity index (χ4n) is 1.62. The van der Waals surface area contributed by atoms with E-state index in [0.717, 1.165) is 0 Å². The second-order valence-corrected chi connectivity index (χ2v) is 4.42. The molecule has 1 N–H and O–H groups in total. The van der Waals surface area contributed by atoms with E-state index in [0.29, 0.717) is 34.5 Å². The van der Waals surface area contributed by atoms with E-state index in [1.54, 1.807) is 18.2 Å². The number of ether oxygens (including phenoxy) is 1. The summed E-state index contributed by atoms with van der Waals surface area (Å²) in [4.78, 5) is 16.2. The molecule has 0 spiro atoms. The zero-order chi connectivity index (χ0) is 14.5. The van der Waals surface area contributed by atoms with Gasteiger partial charge in [0.25, 0.3) is 5.91 Å². The second kappa shape index (κ2) is 6.38. The number of nitrogens with one attached hydrogen (secondary N) is 1. The molecule has 1 aromatic carbocycles. The molecule has 2 aromatic rings. The van der Waals surface area contributed by atoms with Gasteiger partial charge in [-0.15, -0.1) is 0 Å². The number of amides is 1. The highest BCUT2D eigenvalue weighted by Crippen LogP contribution is 2.22. The lowest BCUT2D eigenvalue weighted by Crippen LogP contribution is -2.24. The number of methoxy groups -OCH3 is 1. The Morgan fingerprint density at radius 3 is 2.95 bits per heavy atom. The van der Waals surface area contributed by atoms with E-state index < -0.39 is 0 Å². The Balaban J connectivity index is 2.06. The number of carbonyl (C=O) groups excluding carboxylic acids is 1. The summed E-state index contributed by atoms with van der Waals surface area (Å²) in [6, 6.07) is 4.84. The first-order valence-corrected chi connectivity index (χ1v) is 6.45. The molecule has 6 nitrogen and oxygen atoms in total. The first-order valence-electron chi connectivity index (χ1n) is 6.07. The van der Waals surface area contributed by atoms with Crippen molar-refractivity contribution in [1.82, 2.24) is 15.5 Å². The molecule has 0 bridgehead atoms. The lowest BCUT2D eigenvalue weighted by Gasteiger charge is -2.08. The largest absolute Gasteiger partial charge is 0.496 e. The number of carbonyl (C=O) groups is 1. The maximum absolute atomic E-state index is 12.1. The van der Waals surface area contributed by atoms with Crippen LogP contribution in [0.4, 0.5) is 0 Å². The highest BCUT2D eigenvalue weighted by Gasteiger charge is 2.14. The van der Waals surface area contributed by atoms with Crippen molar-refractivity contribution in [2.75, 3.05) is 7.11 Å². The maximum atomic E-state index is 12.1. The molecule has 0 aliphatic carbocycles. The molecule has 106 valence electrons. The number of hydrogen-bond donors (Lipinski definition) is 1. The molecule has 0 aliphatic heterocycles. The molecule has 0 saturated carbocycles. The van der Waals surface area contributed by atoms with Crippen molar-refractivity contribution in [1.29, 1.82) is 0 Å².